The highest BCUT2D eigenvalue weighted by Crippen LogP contribution is 2.44. The van der Waals surface area contributed by atoms with Crippen molar-refractivity contribution >= 4 is 0 Å². The highest BCUT2D eigenvalue weighted by Gasteiger charge is 2.37. The number of nitrogens with one attached hydrogen (secondary N) is 1. The topological polar surface area (TPSA) is 21.3 Å². The molecule has 2 rings (SSSR count). The molecule has 2 fully saturated rings. The van der Waals surface area contributed by atoms with Crippen LogP contribution in [0.3, 0.4) is 0 Å². The minimum absolute atomic E-state index is 0.535. The monoisotopic (exact) mass is 281 g/mol. The Kier molecular flexibility index (Phi) is 6.83. The first-order chi connectivity index (χ1) is 9.78. The molecule has 1 aliphatic heterocycles. The lowest BCUT2D eigenvalue weighted by molar-refractivity contribution is 0.0338. The van der Waals surface area contributed by atoms with E-state index in [0.29, 0.717) is 11.5 Å². The fourth-order valence-corrected chi connectivity index (χ4v) is 4.20. The van der Waals surface area contributed by atoms with Crippen molar-refractivity contribution in [1.29, 1.82) is 0 Å². The molecular weight excluding hydrogens is 246 g/mol. The van der Waals surface area contributed by atoms with Gasteiger partial charge >= 0.3 is 0 Å². The van der Waals surface area contributed by atoms with Gasteiger partial charge < -0.3 is 10.1 Å². The first kappa shape index (κ1) is 16.3. The van der Waals surface area contributed by atoms with Crippen molar-refractivity contribution in [3.05, 3.63) is 0 Å². The third-order valence-electron chi connectivity index (χ3n) is 5.57. The van der Waals surface area contributed by atoms with Crippen LogP contribution >= 0.6 is 0 Å². The molecule has 1 aliphatic carbocycles. The number of ether oxygens (including phenoxy) is 1. The van der Waals surface area contributed by atoms with Gasteiger partial charge in [-0.1, -0.05) is 33.1 Å². The molecule has 20 heavy (non-hydrogen) atoms. The van der Waals surface area contributed by atoms with Crippen LogP contribution in [0, 0.1) is 11.3 Å². The van der Waals surface area contributed by atoms with Gasteiger partial charge in [-0.25, -0.2) is 0 Å². The van der Waals surface area contributed by atoms with Crippen molar-refractivity contribution in [1.82, 2.24) is 5.32 Å². The summed E-state index contributed by atoms with van der Waals surface area (Å²) in [6.07, 6.45) is 14.5. The molecule has 1 heterocycles. The van der Waals surface area contributed by atoms with Gasteiger partial charge in [-0.15, -0.1) is 0 Å². The molecule has 0 aromatic rings. The molecule has 2 aliphatic rings. The number of hydrogen-bond donors (Lipinski definition) is 1. The van der Waals surface area contributed by atoms with E-state index >= 15 is 0 Å². The van der Waals surface area contributed by atoms with Crippen molar-refractivity contribution in [2.24, 2.45) is 11.3 Å². The van der Waals surface area contributed by atoms with Gasteiger partial charge in [-0.05, 0) is 62.8 Å². The minimum atomic E-state index is 0.535. The number of rotatable bonds is 8. The fraction of sp³-hybridized carbons (Fsp3) is 1.00. The molecule has 1 atom stereocenters. The van der Waals surface area contributed by atoms with Crippen molar-refractivity contribution in [2.45, 2.75) is 84.2 Å². The Hall–Kier alpha value is -0.0800. The predicted molar refractivity (Wildman–Crippen MR) is 86.1 cm³/mol. The van der Waals surface area contributed by atoms with Crippen LogP contribution in [0.4, 0.5) is 0 Å². The van der Waals surface area contributed by atoms with Crippen LogP contribution in [0.1, 0.15) is 78.1 Å². The van der Waals surface area contributed by atoms with E-state index in [1.165, 1.54) is 70.8 Å². The Morgan fingerprint density at radius 1 is 1.15 bits per heavy atom. The molecule has 0 radical (unpaired) electrons. The molecule has 0 bridgehead atoms. The highest BCUT2D eigenvalue weighted by molar-refractivity contribution is 4.90. The van der Waals surface area contributed by atoms with Crippen molar-refractivity contribution in [3.8, 4) is 0 Å². The molecular formula is C18H35NO. The molecule has 118 valence electrons. The second-order valence-corrected chi connectivity index (χ2v) is 7.21. The summed E-state index contributed by atoms with van der Waals surface area (Å²) in [5.74, 6) is 1.01. The van der Waals surface area contributed by atoms with Gasteiger partial charge in [-0.2, -0.15) is 0 Å². The maximum Gasteiger partial charge on any atom is 0.0581 e. The van der Waals surface area contributed by atoms with Gasteiger partial charge in [0.1, 0.15) is 0 Å². The molecule has 0 amide bonds. The van der Waals surface area contributed by atoms with Gasteiger partial charge in [0.05, 0.1) is 6.10 Å². The molecule has 2 heteroatoms. The van der Waals surface area contributed by atoms with Gasteiger partial charge in [0.25, 0.3) is 0 Å². The van der Waals surface area contributed by atoms with E-state index in [2.05, 4.69) is 19.2 Å². The van der Waals surface area contributed by atoms with Gasteiger partial charge in [-0.3, -0.25) is 0 Å². The summed E-state index contributed by atoms with van der Waals surface area (Å²) >= 11 is 0. The van der Waals surface area contributed by atoms with E-state index in [4.69, 9.17) is 4.74 Å². The second kappa shape index (κ2) is 8.38. The van der Waals surface area contributed by atoms with E-state index < -0.39 is 0 Å². The summed E-state index contributed by atoms with van der Waals surface area (Å²) in [7, 11) is 0. The lowest BCUT2D eigenvalue weighted by atomic mass is 9.66. The summed E-state index contributed by atoms with van der Waals surface area (Å²) in [4.78, 5) is 0. The van der Waals surface area contributed by atoms with E-state index in [1.807, 2.05) is 0 Å². The van der Waals surface area contributed by atoms with Gasteiger partial charge in [0.2, 0.25) is 0 Å². The van der Waals surface area contributed by atoms with Crippen molar-refractivity contribution < 1.29 is 4.74 Å². The van der Waals surface area contributed by atoms with Crippen LogP contribution < -0.4 is 5.32 Å². The third-order valence-corrected chi connectivity index (χ3v) is 5.57. The van der Waals surface area contributed by atoms with Crippen molar-refractivity contribution in [2.75, 3.05) is 19.7 Å². The molecule has 1 saturated carbocycles. The molecule has 0 aromatic carbocycles. The predicted octanol–water partition coefficient (Wildman–Crippen LogP) is 4.53. The zero-order valence-corrected chi connectivity index (χ0v) is 13.8. The van der Waals surface area contributed by atoms with E-state index in [-0.39, 0.29) is 0 Å². The van der Waals surface area contributed by atoms with Crippen LogP contribution in [0.2, 0.25) is 0 Å². The zero-order valence-electron chi connectivity index (χ0n) is 13.8. The molecule has 1 N–H and O–H groups in total. The first-order valence-corrected chi connectivity index (χ1v) is 9.10. The van der Waals surface area contributed by atoms with Crippen LogP contribution in [0.25, 0.3) is 0 Å². The quantitative estimate of drug-likeness (QED) is 0.705. The normalized spacial score (nSPS) is 34.5. The molecule has 1 saturated heterocycles. The Labute approximate surface area is 126 Å². The average Bonchev–Trinajstić information content (AvgIpc) is 2.97. The molecule has 0 aromatic heterocycles. The van der Waals surface area contributed by atoms with Crippen LogP contribution in [-0.4, -0.2) is 25.8 Å². The standard InChI is InChI=1S/C18H35NO/c1-3-5-7-16-9-11-18(12-10-16,15-19-4-2)14-17-8-6-13-20-17/h16-17,19H,3-15H2,1-2H3. The maximum absolute atomic E-state index is 5.92. The Morgan fingerprint density at radius 2 is 1.95 bits per heavy atom. The molecule has 0 spiro atoms. The minimum Gasteiger partial charge on any atom is -0.378 e. The summed E-state index contributed by atoms with van der Waals surface area (Å²) in [6.45, 7) is 7.86. The summed E-state index contributed by atoms with van der Waals surface area (Å²) in [6, 6.07) is 0. The summed E-state index contributed by atoms with van der Waals surface area (Å²) in [5.41, 5.74) is 0.535. The first-order valence-electron chi connectivity index (χ1n) is 9.10. The van der Waals surface area contributed by atoms with E-state index in [1.54, 1.807) is 0 Å². The van der Waals surface area contributed by atoms with E-state index in [9.17, 15) is 0 Å². The summed E-state index contributed by atoms with van der Waals surface area (Å²) in [5, 5.41) is 3.64. The lowest BCUT2D eigenvalue weighted by Gasteiger charge is -2.42. The number of unbranched alkanes of at least 4 members (excludes halogenated alkanes) is 1. The van der Waals surface area contributed by atoms with Gasteiger partial charge in [0, 0.05) is 13.2 Å². The third kappa shape index (κ3) is 4.73. The number of hydrogen-bond acceptors (Lipinski definition) is 2. The lowest BCUT2D eigenvalue weighted by Crippen LogP contribution is -2.40. The van der Waals surface area contributed by atoms with Crippen LogP contribution in [0.15, 0.2) is 0 Å². The SMILES string of the molecule is CCCCC1CCC(CNCC)(CC2CCCO2)CC1. The second-order valence-electron chi connectivity index (χ2n) is 7.21. The van der Waals surface area contributed by atoms with Crippen LogP contribution in [-0.2, 0) is 4.74 Å². The smallest absolute Gasteiger partial charge is 0.0581 e. The molecule has 1 unspecified atom stereocenters. The zero-order chi connectivity index (χ0) is 14.3. The largest absolute Gasteiger partial charge is 0.378 e. The van der Waals surface area contributed by atoms with Crippen molar-refractivity contribution in [3.63, 3.8) is 0 Å². The highest BCUT2D eigenvalue weighted by atomic mass is 16.5. The Morgan fingerprint density at radius 3 is 2.55 bits per heavy atom. The Balaban J connectivity index is 1.84. The van der Waals surface area contributed by atoms with Crippen LogP contribution in [0.5, 0.6) is 0 Å². The average molecular weight is 281 g/mol. The van der Waals surface area contributed by atoms with Gasteiger partial charge in [0.15, 0.2) is 0 Å². The summed E-state index contributed by atoms with van der Waals surface area (Å²) < 4.78 is 5.92. The Bertz CT molecular complexity index is 252. The maximum atomic E-state index is 5.92. The molecule has 2 nitrogen and oxygen atoms in total. The fourth-order valence-electron chi connectivity index (χ4n) is 4.20. The van der Waals surface area contributed by atoms with E-state index in [0.717, 1.165) is 19.1 Å².